The summed E-state index contributed by atoms with van der Waals surface area (Å²) in [5.41, 5.74) is 1.52. The zero-order valence-electron chi connectivity index (χ0n) is 22.2. The van der Waals surface area contributed by atoms with Gasteiger partial charge in [0.15, 0.2) is 0 Å². The summed E-state index contributed by atoms with van der Waals surface area (Å²) in [5, 5.41) is 0. The summed E-state index contributed by atoms with van der Waals surface area (Å²) in [4.78, 5) is 53.2. The van der Waals surface area contributed by atoms with Crippen molar-refractivity contribution in [2.45, 2.75) is 45.6 Å². The first-order valence-corrected chi connectivity index (χ1v) is 12.8. The maximum absolute atomic E-state index is 12.9. The normalized spacial score (nSPS) is 18.4. The summed E-state index contributed by atoms with van der Waals surface area (Å²) in [7, 11) is 0. The third kappa shape index (κ3) is 5.81. The minimum atomic E-state index is -0.918. The number of furan rings is 1. The quantitative estimate of drug-likeness (QED) is 0.345. The number of aryl methyl sites for hydroxylation is 3. The molecule has 10 heteroatoms. The Kier molecular flexibility index (Phi) is 7.52. The van der Waals surface area contributed by atoms with Crippen LogP contribution in [-0.2, 0) is 14.2 Å². The van der Waals surface area contributed by atoms with E-state index in [-0.39, 0.29) is 24.4 Å². The van der Waals surface area contributed by atoms with Gasteiger partial charge in [-0.2, -0.15) is 0 Å². The van der Waals surface area contributed by atoms with Crippen LogP contribution in [0.15, 0.2) is 80.9 Å². The van der Waals surface area contributed by atoms with E-state index in [1.165, 1.54) is 10.8 Å². The highest BCUT2D eigenvalue weighted by molar-refractivity contribution is 5.90. The smallest absolute Gasteiger partial charge is 0.338 e. The predicted molar refractivity (Wildman–Crippen MR) is 144 cm³/mol. The number of carbonyl (C=O) groups is 2. The van der Waals surface area contributed by atoms with Crippen LogP contribution in [-0.4, -0.2) is 40.3 Å². The van der Waals surface area contributed by atoms with Crippen LogP contribution in [0.5, 0.6) is 0 Å². The van der Waals surface area contributed by atoms with E-state index in [0.29, 0.717) is 16.9 Å². The Hall–Kier alpha value is -4.70. The number of H-pyrrole nitrogens is 1. The first-order valence-electron chi connectivity index (χ1n) is 12.8. The van der Waals surface area contributed by atoms with Gasteiger partial charge in [-0.15, -0.1) is 0 Å². The highest BCUT2D eigenvalue weighted by Crippen LogP contribution is 2.32. The number of hydrogen-bond acceptors (Lipinski definition) is 8. The zero-order valence-corrected chi connectivity index (χ0v) is 22.2. The van der Waals surface area contributed by atoms with Gasteiger partial charge in [0, 0.05) is 12.6 Å². The molecule has 2 aromatic carbocycles. The molecule has 4 aromatic rings. The maximum atomic E-state index is 12.9. The van der Waals surface area contributed by atoms with Gasteiger partial charge in [0.05, 0.1) is 16.7 Å². The van der Waals surface area contributed by atoms with Gasteiger partial charge < -0.3 is 18.6 Å². The molecule has 1 aliphatic heterocycles. The summed E-state index contributed by atoms with van der Waals surface area (Å²) in [6.07, 6.45) is -1.21. The molecule has 0 radical (unpaired) electrons. The topological polar surface area (TPSA) is 130 Å². The fraction of sp³-hybridized carbons (Fsp3) is 0.267. The van der Waals surface area contributed by atoms with Crippen LogP contribution in [0, 0.1) is 20.8 Å². The van der Waals surface area contributed by atoms with Gasteiger partial charge in [0.1, 0.15) is 36.6 Å². The summed E-state index contributed by atoms with van der Waals surface area (Å²) in [6.45, 7) is 5.33. The summed E-state index contributed by atoms with van der Waals surface area (Å²) >= 11 is 0. The van der Waals surface area contributed by atoms with Gasteiger partial charge in [-0.05, 0) is 57.2 Å². The molecule has 206 valence electrons. The van der Waals surface area contributed by atoms with Gasteiger partial charge in [0.2, 0.25) is 0 Å². The molecule has 0 unspecified atom stereocenters. The Morgan fingerprint density at radius 2 is 1.52 bits per heavy atom. The first kappa shape index (κ1) is 26.9. The van der Waals surface area contributed by atoms with E-state index in [9.17, 15) is 19.2 Å². The largest absolute Gasteiger partial charge is 0.461 e. The van der Waals surface area contributed by atoms with Crippen molar-refractivity contribution in [1.29, 1.82) is 0 Å². The number of nitrogens with one attached hydrogen (secondary N) is 1. The van der Waals surface area contributed by atoms with Gasteiger partial charge in [-0.3, -0.25) is 14.3 Å². The minimum Gasteiger partial charge on any atom is -0.461 e. The molecule has 0 saturated carbocycles. The number of aromatic amines is 1. The highest BCUT2D eigenvalue weighted by atomic mass is 16.6. The van der Waals surface area contributed by atoms with Crippen molar-refractivity contribution in [2.24, 2.45) is 0 Å². The monoisotopic (exact) mass is 544 g/mol. The van der Waals surface area contributed by atoms with E-state index in [4.69, 9.17) is 18.6 Å². The molecular weight excluding hydrogens is 516 g/mol. The number of nitrogens with zero attached hydrogens (tertiary/aromatic N) is 1. The molecule has 10 nitrogen and oxygen atoms in total. The average Bonchev–Trinajstić information content (AvgIpc) is 3.54. The number of carbonyl (C=O) groups excluding carboxylic acids is 2. The van der Waals surface area contributed by atoms with Crippen LogP contribution in [0.1, 0.15) is 50.3 Å². The second-order valence-corrected chi connectivity index (χ2v) is 9.76. The number of hydrogen-bond donors (Lipinski definition) is 1. The second kappa shape index (κ2) is 11.2. The van der Waals surface area contributed by atoms with E-state index >= 15 is 0 Å². The summed E-state index contributed by atoms with van der Waals surface area (Å²) in [6, 6.07) is 17.1. The minimum absolute atomic E-state index is 0.0763. The third-order valence-electron chi connectivity index (χ3n) is 6.68. The van der Waals surface area contributed by atoms with E-state index < -0.39 is 41.6 Å². The standard InChI is InChI=1S/C30H28N2O8/c1-17-4-9-20(10-5-17)28(34)37-16-25-24(40-29(35)21-11-6-18(2)7-12-21)14-26(39-25)32-15-22(27(33)31-30(32)36)23-13-8-19(3)38-23/h4-13,15,24-26H,14,16H2,1-3H3,(H,31,33,36)/t24-,25+,26+/m1/s1. The van der Waals surface area contributed by atoms with Crippen molar-refractivity contribution in [3.63, 3.8) is 0 Å². The lowest BCUT2D eigenvalue weighted by Crippen LogP contribution is -2.33. The molecule has 1 aliphatic rings. The Morgan fingerprint density at radius 3 is 2.12 bits per heavy atom. The number of ether oxygens (including phenoxy) is 3. The van der Waals surface area contributed by atoms with Crippen molar-refractivity contribution in [3.8, 4) is 11.3 Å². The Balaban J connectivity index is 1.40. The lowest BCUT2D eigenvalue weighted by Gasteiger charge is -2.19. The zero-order chi connectivity index (χ0) is 28.4. The fourth-order valence-electron chi connectivity index (χ4n) is 4.43. The van der Waals surface area contributed by atoms with Crippen molar-refractivity contribution in [2.75, 3.05) is 6.61 Å². The van der Waals surface area contributed by atoms with Gasteiger partial charge in [-0.1, -0.05) is 35.4 Å². The van der Waals surface area contributed by atoms with Gasteiger partial charge in [-0.25, -0.2) is 14.4 Å². The molecule has 3 atom stereocenters. The Labute approximate surface area is 229 Å². The maximum Gasteiger partial charge on any atom is 0.338 e. The van der Waals surface area contributed by atoms with Crippen LogP contribution in [0.4, 0.5) is 0 Å². The van der Waals surface area contributed by atoms with Gasteiger partial charge >= 0.3 is 17.6 Å². The fourth-order valence-corrected chi connectivity index (χ4v) is 4.43. The molecule has 0 spiro atoms. The molecule has 0 bridgehead atoms. The van der Waals surface area contributed by atoms with Crippen LogP contribution in [0.3, 0.4) is 0 Å². The van der Waals surface area contributed by atoms with Gasteiger partial charge in [0.25, 0.3) is 5.56 Å². The molecule has 0 aliphatic carbocycles. The third-order valence-corrected chi connectivity index (χ3v) is 6.68. The number of rotatable bonds is 7. The predicted octanol–water partition coefficient (Wildman–Crippen LogP) is 4.09. The number of benzene rings is 2. The van der Waals surface area contributed by atoms with Crippen LogP contribution in [0.2, 0.25) is 0 Å². The molecule has 2 aromatic heterocycles. The summed E-state index contributed by atoms with van der Waals surface area (Å²) < 4.78 is 24.2. The molecule has 3 heterocycles. The van der Waals surface area contributed by atoms with E-state index in [0.717, 1.165) is 11.1 Å². The van der Waals surface area contributed by atoms with E-state index in [2.05, 4.69) is 4.98 Å². The average molecular weight is 545 g/mol. The van der Waals surface area contributed by atoms with Crippen molar-refractivity contribution in [1.82, 2.24) is 9.55 Å². The number of aromatic nitrogens is 2. The molecular formula is C30H28N2O8. The van der Waals surface area contributed by atoms with Crippen molar-refractivity contribution >= 4 is 11.9 Å². The van der Waals surface area contributed by atoms with Crippen LogP contribution >= 0.6 is 0 Å². The van der Waals surface area contributed by atoms with Crippen molar-refractivity contribution < 1.29 is 28.2 Å². The van der Waals surface area contributed by atoms with Crippen LogP contribution < -0.4 is 11.2 Å². The molecule has 40 heavy (non-hydrogen) atoms. The lowest BCUT2D eigenvalue weighted by atomic mass is 10.1. The summed E-state index contributed by atoms with van der Waals surface area (Å²) in [5.74, 6) is -0.253. The SMILES string of the molecule is Cc1ccc(C(=O)OC[C@@H]2O[C@H](n3cc(-c4ccc(C)o4)c(=O)[nH]c3=O)C[C@H]2OC(=O)c2ccc(C)cc2)cc1. The van der Waals surface area contributed by atoms with E-state index in [1.54, 1.807) is 67.6 Å². The second-order valence-electron chi connectivity index (χ2n) is 9.76. The van der Waals surface area contributed by atoms with Crippen molar-refractivity contribution in [3.05, 3.63) is 116 Å². The molecule has 5 rings (SSSR count). The highest BCUT2D eigenvalue weighted by Gasteiger charge is 2.40. The Bertz CT molecular complexity index is 1650. The first-order chi connectivity index (χ1) is 19.2. The molecule has 1 fully saturated rings. The van der Waals surface area contributed by atoms with E-state index in [1.807, 2.05) is 13.8 Å². The molecule has 0 amide bonds. The lowest BCUT2D eigenvalue weighted by molar-refractivity contribution is -0.0582. The Morgan fingerprint density at radius 1 is 0.900 bits per heavy atom. The molecule has 1 saturated heterocycles. The molecule has 1 N–H and O–H groups in total. The van der Waals surface area contributed by atoms with Crippen LogP contribution in [0.25, 0.3) is 11.3 Å². The number of esters is 2.